The summed E-state index contributed by atoms with van der Waals surface area (Å²) in [5.41, 5.74) is 10.6. The van der Waals surface area contributed by atoms with Crippen molar-refractivity contribution in [2.45, 2.75) is 37.3 Å². The van der Waals surface area contributed by atoms with Gasteiger partial charge >= 0.3 is 0 Å². The average Bonchev–Trinajstić information content (AvgIpc) is 2.78. The minimum atomic E-state index is -2.64. The number of amides is 1. The molecule has 1 heterocycles. The molecule has 1 aromatic carbocycles. The molecule has 1 aromatic rings. The molecule has 0 aromatic heterocycles. The van der Waals surface area contributed by atoms with Gasteiger partial charge in [0.05, 0.1) is 18.7 Å². The van der Waals surface area contributed by atoms with E-state index in [0.29, 0.717) is 17.7 Å². The van der Waals surface area contributed by atoms with Gasteiger partial charge in [0.15, 0.2) is 11.4 Å². The SMILES string of the molecule is COc1c2c(cc3c1C(O)=C1C(=O)[C@]4(O)C(O)=C(C(N)=O)C(=O)[C@@H](N)[C@@H]4C[C@@H]1C3)NCCC2. The highest BCUT2D eigenvalue weighted by Gasteiger charge is 2.63. The summed E-state index contributed by atoms with van der Waals surface area (Å²) >= 11 is 0. The van der Waals surface area contributed by atoms with Crippen LogP contribution in [0.3, 0.4) is 0 Å². The number of anilines is 1. The van der Waals surface area contributed by atoms with Crippen molar-refractivity contribution in [3.8, 4) is 5.75 Å². The van der Waals surface area contributed by atoms with Gasteiger partial charge < -0.3 is 36.8 Å². The molecule has 10 heteroatoms. The normalized spacial score (nSPS) is 30.7. The van der Waals surface area contributed by atoms with Crippen LogP contribution < -0.4 is 21.5 Å². The van der Waals surface area contributed by atoms with Gasteiger partial charge in [0.2, 0.25) is 5.78 Å². The van der Waals surface area contributed by atoms with Crippen molar-refractivity contribution in [1.29, 1.82) is 0 Å². The molecule has 1 saturated carbocycles. The largest absolute Gasteiger partial charge is 0.508 e. The van der Waals surface area contributed by atoms with Crippen molar-refractivity contribution < 1.29 is 34.4 Å². The molecule has 0 bridgehead atoms. The number of ether oxygens (including phenoxy) is 1. The third-order valence-electron chi connectivity index (χ3n) is 7.45. The van der Waals surface area contributed by atoms with Crippen LogP contribution in [0.15, 0.2) is 23.0 Å². The van der Waals surface area contributed by atoms with Crippen LogP contribution in [0.1, 0.15) is 29.5 Å². The second-order valence-corrected chi connectivity index (χ2v) is 9.08. The van der Waals surface area contributed by atoms with Crippen molar-refractivity contribution in [3.63, 3.8) is 0 Å². The fourth-order valence-corrected chi connectivity index (χ4v) is 5.92. The maximum atomic E-state index is 13.6. The van der Waals surface area contributed by atoms with E-state index in [2.05, 4.69) is 5.32 Å². The van der Waals surface area contributed by atoms with Crippen LogP contribution in [0.4, 0.5) is 5.69 Å². The number of aliphatic hydroxyl groups is 3. The predicted molar refractivity (Wildman–Crippen MR) is 116 cm³/mol. The van der Waals surface area contributed by atoms with Gasteiger partial charge in [0, 0.05) is 29.3 Å². The Morgan fingerprint density at radius 3 is 2.70 bits per heavy atom. The van der Waals surface area contributed by atoms with Gasteiger partial charge in [-0.15, -0.1) is 0 Å². The number of methoxy groups -OCH3 is 1. The molecule has 8 N–H and O–H groups in total. The molecule has 1 amide bonds. The average molecular weight is 455 g/mol. The number of ketones is 2. The van der Waals surface area contributed by atoms with Gasteiger partial charge in [-0.1, -0.05) is 0 Å². The van der Waals surface area contributed by atoms with Crippen LogP contribution in [-0.4, -0.2) is 58.1 Å². The molecule has 3 aliphatic carbocycles. The zero-order valence-corrected chi connectivity index (χ0v) is 18.0. The lowest BCUT2D eigenvalue weighted by Crippen LogP contribution is -2.65. The Bertz CT molecular complexity index is 1200. The summed E-state index contributed by atoms with van der Waals surface area (Å²) in [6.45, 7) is 0.809. The van der Waals surface area contributed by atoms with Gasteiger partial charge in [-0.2, -0.15) is 0 Å². The van der Waals surface area contributed by atoms with Crippen molar-refractivity contribution in [2.75, 3.05) is 19.0 Å². The molecule has 10 nitrogen and oxygen atoms in total. The number of Topliss-reactive ketones (excluding diaryl/α,β-unsaturated/α-hetero) is 2. The molecule has 1 aliphatic heterocycles. The van der Waals surface area contributed by atoms with E-state index >= 15 is 0 Å². The lowest BCUT2D eigenvalue weighted by molar-refractivity contribution is -0.149. The van der Waals surface area contributed by atoms with Gasteiger partial charge in [0.25, 0.3) is 5.91 Å². The Hall–Kier alpha value is -3.37. The van der Waals surface area contributed by atoms with E-state index in [1.807, 2.05) is 6.07 Å². The number of benzene rings is 1. The van der Waals surface area contributed by atoms with Gasteiger partial charge in [-0.05, 0) is 43.2 Å². The van der Waals surface area contributed by atoms with Gasteiger partial charge in [-0.3, -0.25) is 14.4 Å². The first-order valence-corrected chi connectivity index (χ1v) is 10.8. The summed E-state index contributed by atoms with van der Waals surface area (Å²) in [4.78, 5) is 38.0. The van der Waals surface area contributed by atoms with Crippen LogP contribution >= 0.6 is 0 Å². The summed E-state index contributed by atoms with van der Waals surface area (Å²) in [5.74, 6) is -5.94. The Morgan fingerprint density at radius 1 is 1.30 bits per heavy atom. The molecular formula is C23H25N3O7. The first kappa shape index (κ1) is 21.5. The van der Waals surface area contributed by atoms with Crippen molar-refractivity contribution in [2.24, 2.45) is 23.3 Å². The number of carbonyl (C=O) groups excluding carboxylic acids is 3. The highest BCUT2D eigenvalue weighted by atomic mass is 16.5. The first-order valence-electron chi connectivity index (χ1n) is 10.8. The second kappa shape index (κ2) is 7.06. The van der Waals surface area contributed by atoms with E-state index in [4.69, 9.17) is 16.2 Å². The predicted octanol–water partition coefficient (Wildman–Crippen LogP) is 0.0222. The monoisotopic (exact) mass is 455 g/mol. The number of nitrogens with one attached hydrogen (secondary N) is 1. The maximum Gasteiger partial charge on any atom is 0.255 e. The summed E-state index contributed by atoms with van der Waals surface area (Å²) in [6, 6.07) is 0.515. The molecule has 0 saturated heterocycles. The number of hydrogen-bond donors (Lipinski definition) is 6. The van der Waals surface area contributed by atoms with Crippen LogP contribution in [0.25, 0.3) is 5.76 Å². The lowest BCUT2D eigenvalue weighted by atomic mass is 9.58. The summed E-state index contributed by atoms with van der Waals surface area (Å²) < 4.78 is 5.64. The highest BCUT2D eigenvalue weighted by Crippen LogP contribution is 2.53. The highest BCUT2D eigenvalue weighted by molar-refractivity contribution is 6.24. The number of fused-ring (bicyclic) bond motifs is 4. The standard InChI is InChI=1S/C23H25N3O7/c1-33-19-10-3-2-4-26-12(10)7-9-5-8-6-11-16(24)18(28)15(22(25)31)21(30)23(11,32)20(29)14(8)17(27)13(9)19/h7-8,11,16,26-27,30,32H,2-6,24H2,1H3,(H2,25,31)/t8-,11-,16-,23-/m0/s1. The molecule has 0 radical (unpaired) electrons. The maximum absolute atomic E-state index is 13.6. The lowest BCUT2D eigenvalue weighted by Gasteiger charge is -2.48. The number of aliphatic hydroxyl groups excluding tert-OH is 2. The van der Waals surface area contributed by atoms with E-state index in [1.165, 1.54) is 7.11 Å². The minimum absolute atomic E-state index is 0.0386. The quantitative estimate of drug-likeness (QED) is 0.334. The van der Waals surface area contributed by atoms with Crippen molar-refractivity contribution in [3.05, 3.63) is 39.7 Å². The molecule has 174 valence electrons. The summed E-state index contributed by atoms with van der Waals surface area (Å²) in [7, 11) is 1.49. The number of primary amides is 1. The van der Waals surface area contributed by atoms with Crippen molar-refractivity contribution in [1.82, 2.24) is 0 Å². The van der Waals surface area contributed by atoms with E-state index in [1.54, 1.807) is 0 Å². The minimum Gasteiger partial charge on any atom is -0.508 e. The zero-order chi connectivity index (χ0) is 23.8. The molecule has 1 fully saturated rings. The molecule has 4 atom stereocenters. The van der Waals surface area contributed by atoms with E-state index < -0.39 is 52.3 Å². The van der Waals surface area contributed by atoms with Gasteiger partial charge in [0.1, 0.15) is 22.8 Å². The van der Waals surface area contributed by atoms with Crippen LogP contribution in [-0.2, 0) is 27.2 Å². The zero-order valence-electron chi connectivity index (χ0n) is 18.0. The van der Waals surface area contributed by atoms with Crippen LogP contribution in [0.5, 0.6) is 5.75 Å². The van der Waals surface area contributed by atoms with Crippen molar-refractivity contribution >= 4 is 28.9 Å². The Balaban J connectivity index is 1.73. The van der Waals surface area contributed by atoms with Gasteiger partial charge in [-0.25, -0.2) is 0 Å². The number of nitrogens with two attached hydrogens (primary N) is 2. The third-order valence-corrected chi connectivity index (χ3v) is 7.45. The van der Waals surface area contributed by atoms with E-state index in [0.717, 1.165) is 36.2 Å². The summed E-state index contributed by atoms with van der Waals surface area (Å²) in [6.07, 6.45) is 1.99. The molecular weight excluding hydrogens is 430 g/mol. The molecule has 4 aliphatic rings. The Morgan fingerprint density at radius 2 is 2.03 bits per heavy atom. The Kier molecular flexibility index (Phi) is 4.60. The third kappa shape index (κ3) is 2.64. The van der Waals surface area contributed by atoms with E-state index in [-0.39, 0.29) is 17.8 Å². The van der Waals surface area contributed by atoms with Crippen LogP contribution in [0.2, 0.25) is 0 Å². The smallest absolute Gasteiger partial charge is 0.255 e. The molecule has 0 unspecified atom stereocenters. The fourth-order valence-electron chi connectivity index (χ4n) is 5.92. The fraction of sp³-hybridized carbons (Fsp3) is 0.435. The Labute approximate surface area is 188 Å². The topological polar surface area (TPSA) is 185 Å². The first-order chi connectivity index (χ1) is 15.6. The molecule has 5 rings (SSSR count). The number of carbonyl (C=O) groups is 3. The van der Waals surface area contributed by atoms with Crippen LogP contribution in [0, 0.1) is 11.8 Å². The second-order valence-electron chi connectivity index (χ2n) is 9.08. The van der Waals surface area contributed by atoms with E-state index in [9.17, 15) is 29.7 Å². The molecule has 0 spiro atoms. The molecule has 33 heavy (non-hydrogen) atoms. The number of rotatable bonds is 2. The summed E-state index contributed by atoms with van der Waals surface area (Å²) in [5, 5.41) is 36.7. The number of hydrogen-bond acceptors (Lipinski definition) is 9.